The van der Waals surface area contributed by atoms with Gasteiger partial charge in [0.1, 0.15) is 0 Å². The van der Waals surface area contributed by atoms with E-state index in [9.17, 15) is 9.59 Å². The number of rotatable bonds is 8. The number of ether oxygens (including phenoxy) is 1. The zero-order valence-corrected chi connectivity index (χ0v) is 15.2. The van der Waals surface area contributed by atoms with E-state index in [2.05, 4.69) is 4.98 Å². The molecule has 0 aliphatic rings. The van der Waals surface area contributed by atoms with Crippen molar-refractivity contribution in [3.8, 4) is 0 Å². The number of aromatic nitrogens is 1. The van der Waals surface area contributed by atoms with Crippen LogP contribution in [-0.2, 0) is 20.9 Å². The van der Waals surface area contributed by atoms with Crippen LogP contribution in [0.4, 0.5) is 0 Å². The summed E-state index contributed by atoms with van der Waals surface area (Å²) in [5.41, 5.74) is 2.89. The Morgan fingerprint density at radius 1 is 1.15 bits per heavy atom. The molecule has 2 rings (SSSR count). The van der Waals surface area contributed by atoms with Crippen LogP contribution in [0.5, 0.6) is 0 Å². The summed E-state index contributed by atoms with van der Waals surface area (Å²) in [6.07, 6.45) is 5.15. The van der Waals surface area contributed by atoms with E-state index in [4.69, 9.17) is 4.74 Å². The highest BCUT2D eigenvalue weighted by molar-refractivity contribution is 5.92. The Bertz CT molecular complexity index is 740. The maximum Gasteiger partial charge on any atom is 0.307 e. The van der Waals surface area contributed by atoms with Crippen molar-refractivity contribution in [1.29, 1.82) is 0 Å². The lowest BCUT2D eigenvalue weighted by atomic mass is 10.1. The van der Waals surface area contributed by atoms with Gasteiger partial charge in [0, 0.05) is 18.8 Å². The van der Waals surface area contributed by atoms with Gasteiger partial charge >= 0.3 is 5.97 Å². The number of esters is 1. The molecule has 0 radical (unpaired) electrons. The Kier molecular flexibility index (Phi) is 7.55. The number of carbonyl (C=O) groups is 2. The minimum atomic E-state index is -0.311. The van der Waals surface area contributed by atoms with Crippen molar-refractivity contribution in [3.63, 3.8) is 0 Å². The van der Waals surface area contributed by atoms with Gasteiger partial charge in [-0.15, -0.1) is 0 Å². The SMILES string of the molecule is CCOC(=O)CCN(Cc1ccccn1)C(=O)/C=C/c1ccc(C)cc1. The van der Waals surface area contributed by atoms with Gasteiger partial charge in [0.2, 0.25) is 5.91 Å². The average Bonchev–Trinajstić information content (AvgIpc) is 2.65. The summed E-state index contributed by atoms with van der Waals surface area (Å²) in [6, 6.07) is 13.5. The molecule has 1 aromatic carbocycles. The van der Waals surface area contributed by atoms with Crippen LogP contribution in [0.1, 0.15) is 30.2 Å². The molecule has 5 heteroatoms. The van der Waals surface area contributed by atoms with Crippen molar-refractivity contribution in [3.05, 3.63) is 71.6 Å². The molecule has 0 saturated carbocycles. The summed E-state index contributed by atoms with van der Waals surface area (Å²) >= 11 is 0. The third kappa shape index (κ3) is 6.51. The fraction of sp³-hybridized carbons (Fsp3) is 0.286. The van der Waals surface area contributed by atoms with Gasteiger partial charge in [0.25, 0.3) is 0 Å². The molecule has 2 aromatic rings. The monoisotopic (exact) mass is 352 g/mol. The lowest BCUT2D eigenvalue weighted by molar-refractivity contribution is -0.143. The number of hydrogen-bond donors (Lipinski definition) is 0. The zero-order valence-electron chi connectivity index (χ0n) is 15.2. The first kappa shape index (κ1) is 19.4. The molecule has 0 unspecified atom stereocenters. The van der Waals surface area contributed by atoms with Gasteiger partial charge in [0.15, 0.2) is 0 Å². The first-order valence-electron chi connectivity index (χ1n) is 8.67. The van der Waals surface area contributed by atoms with Gasteiger partial charge in [-0.1, -0.05) is 35.9 Å². The minimum absolute atomic E-state index is 0.158. The summed E-state index contributed by atoms with van der Waals surface area (Å²) in [4.78, 5) is 30.1. The van der Waals surface area contributed by atoms with Crippen molar-refractivity contribution in [1.82, 2.24) is 9.88 Å². The van der Waals surface area contributed by atoms with Crippen molar-refractivity contribution >= 4 is 18.0 Å². The molecule has 0 bridgehead atoms. The molecule has 0 aliphatic heterocycles. The summed E-state index contributed by atoms with van der Waals surface area (Å²) in [7, 11) is 0. The topological polar surface area (TPSA) is 59.5 Å². The Labute approximate surface area is 154 Å². The van der Waals surface area contributed by atoms with Gasteiger partial charge in [-0.25, -0.2) is 0 Å². The number of nitrogens with zero attached hydrogens (tertiary/aromatic N) is 2. The molecule has 0 N–H and O–H groups in total. The number of pyridine rings is 1. The van der Waals surface area contributed by atoms with Gasteiger partial charge < -0.3 is 9.64 Å². The van der Waals surface area contributed by atoms with Crippen LogP contribution in [-0.4, -0.2) is 34.9 Å². The molecule has 26 heavy (non-hydrogen) atoms. The number of hydrogen-bond acceptors (Lipinski definition) is 4. The quantitative estimate of drug-likeness (QED) is 0.540. The number of benzene rings is 1. The first-order valence-corrected chi connectivity index (χ1v) is 8.67. The van der Waals surface area contributed by atoms with Gasteiger partial charge in [-0.2, -0.15) is 0 Å². The summed E-state index contributed by atoms with van der Waals surface area (Å²) < 4.78 is 4.95. The second-order valence-corrected chi connectivity index (χ2v) is 5.88. The fourth-order valence-corrected chi connectivity index (χ4v) is 2.36. The lowest BCUT2D eigenvalue weighted by Gasteiger charge is -2.20. The minimum Gasteiger partial charge on any atom is -0.466 e. The first-order chi connectivity index (χ1) is 12.6. The Balaban J connectivity index is 2.06. The van der Waals surface area contributed by atoms with Crippen molar-refractivity contribution in [2.75, 3.05) is 13.2 Å². The van der Waals surface area contributed by atoms with E-state index < -0.39 is 0 Å². The second kappa shape index (κ2) is 10.1. The van der Waals surface area contributed by atoms with Crippen LogP contribution in [0.2, 0.25) is 0 Å². The number of carbonyl (C=O) groups excluding carboxylic acids is 2. The molecule has 1 heterocycles. The molecule has 0 fully saturated rings. The second-order valence-electron chi connectivity index (χ2n) is 5.88. The van der Waals surface area contributed by atoms with Crippen LogP contribution in [0.3, 0.4) is 0 Å². The van der Waals surface area contributed by atoms with E-state index >= 15 is 0 Å². The Morgan fingerprint density at radius 2 is 1.92 bits per heavy atom. The molecule has 136 valence electrons. The van der Waals surface area contributed by atoms with Crippen LogP contribution in [0, 0.1) is 6.92 Å². The molecule has 0 atom stereocenters. The normalized spacial score (nSPS) is 10.7. The molecule has 0 spiro atoms. The van der Waals surface area contributed by atoms with E-state index in [0.717, 1.165) is 11.3 Å². The van der Waals surface area contributed by atoms with Crippen molar-refractivity contribution in [2.24, 2.45) is 0 Å². The maximum atomic E-state index is 12.6. The molecular weight excluding hydrogens is 328 g/mol. The van der Waals surface area contributed by atoms with E-state index in [1.807, 2.05) is 49.4 Å². The lowest BCUT2D eigenvalue weighted by Crippen LogP contribution is -2.31. The van der Waals surface area contributed by atoms with E-state index in [1.165, 1.54) is 11.6 Å². The Hall–Kier alpha value is -2.95. The van der Waals surface area contributed by atoms with Crippen LogP contribution < -0.4 is 0 Å². The number of aryl methyl sites for hydroxylation is 1. The highest BCUT2D eigenvalue weighted by Gasteiger charge is 2.14. The molecule has 1 aromatic heterocycles. The van der Waals surface area contributed by atoms with Crippen LogP contribution >= 0.6 is 0 Å². The zero-order chi connectivity index (χ0) is 18.8. The third-order valence-electron chi connectivity index (χ3n) is 3.78. The molecular formula is C21H24N2O3. The molecule has 1 amide bonds. The third-order valence-corrected chi connectivity index (χ3v) is 3.78. The predicted octanol–water partition coefficient (Wildman–Crippen LogP) is 3.39. The summed E-state index contributed by atoms with van der Waals surface area (Å²) in [6.45, 7) is 4.74. The van der Waals surface area contributed by atoms with E-state index in [0.29, 0.717) is 13.2 Å². The summed E-state index contributed by atoms with van der Waals surface area (Å²) in [5.74, 6) is -0.477. The maximum absolute atomic E-state index is 12.6. The van der Waals surface area contributed by atoms with Crippen LogP contribution in [0.15, 0.2) is 54.7 Å². The van der Waals surface area contributed by atoms with E-state index in [1.54, 1.807) is 24.1 Å². The standard InChI is InChI=1S/C21H24N2O3/c1-3-26-21(25)13-15-23(16-19-6-4-5-14-22-19)20(24)12-11-18-9-7-17(2)8-10-18/h4-12,14H,3,13,15-16H2,1-2H3/b12-11+. The fourth-order valence-electron chi connectivity index (χ4n) is 2.36. The largest absolute Gasteiger partial charge is 0.466 e. The molecule has 0 aliphatic carbocycles. The predicted molar refractivity (Wildman–Crippen MR) is 101 cm³/mol. The van der Waals surface area contributed by atoms with Gasteiger partial charge in [-0.05, 0) is 37.6 Å². The molecule has 5 nitrogen and oxygen atoms in total. The Morgan fingerprint density at radius 3 is 2.58 bits per heavy atom. The summed E-state index contributed by atoms with van der Waals surface area (Å²) in [5, 5.41) is 0. The highest BCUT2D eigenvalue weighted by Crippen LogP contribution is 2.08. The van der Waals surface area contributed by atoms with Crippen LogP contribution in [0.25, 0.3) is 6.08 Å². The van der Waals surface area contributed by atoms with Crippen molar-refractivity contribution in [2.45, 2.75) is 26.8 Å². The van der Waals surface area contributed by atoms with Gasteiger partial charge in [-0.3, -0.25) is 14.6 Å². The molecule has 0 saturated heterocycles. The smallest absolute Gasteiger partial charge is 0.307 e. The van der Waals surface area contributed by atoms with Crippen molar-refractivity contribution < 1.29 is 14.3 Å². The average molecular weight is 352 g/mol. The van der Waals surface area contributed by atoms with Gasteiger partial charge in [0.05, 0.1) is 25.3 Å². The van der Waals surface area contributed by atoms with E-state index in [-0.39, 0.29) is 24.8 Å². The highest BCUT2D eigenvalue weighted by atomic mass is 16.5. The number of amides is 1.